The van der Waals surface area contributed by atoms with E-state index in [-0.39, 0.29) is 47.4 Å². The SMILES string of the molecule is CC(=O)Cc1cnc(-n2ncc3c(c2=O)CCC(c2ccc(C)cc2C)C3)nc1.CC(=O)Cc1cnc(-n2ncc3c(c2=O)CCC(c2ccc(C)cc2C)C3)nc1. The molecule has 58 heavy (non-hydrogen) atoms. The maximum Gasteiger partial charge on any atom is 0.277 e. The normalized spacial score (nSPS) is 15.8. The topological polar surface area (TPSA) is 155 Å². The van der Waals surface area contributed by atoms with Crippen LogP contribution in [0.15, 0.2) is 83.2 Å². The van der Waals surface area contributed by atoms with Crippen LogP contribution in [0.3, 0.4) is 0 Å². The molecule has 0 fully saturated rings. The zero-order chi connectivity index (χ0) is 41.1. The third-order valence-electron chi connectivity index (χ3n) is 11.2. The fourth-order valence-corrected chi connectivity index (χ4v) is 8.36. The summed E-state index contributed by atoms with van der Waals surface area (Å²) < 4.78 is 2.52. The second-order valence-corrected chi connectivity index (χ2v) is 15.9. The van der Waals surface area contributed by atoms with Crippen molar-refractivity contribution in [1.82, 2.24) is 39.5 Å². The van der Waals surface area contributed by atoms with Crippen molar-refractivity contribution in [2.45, 2.75) is 105 Å². The molecular formula is C46H48N8O4. The van der Waals surface area contributed by atoms with Gasteiger partial charge in [0.25, 0.3) is 23.0 Å². The van der Waals surface area contributed by atoms with Crippen LogP contribution in [0.25, 0.3) is 11.9 Å². The Balaban J connectivity index is 0.000000177. The predicted octanol–water partition coefficient (Wildman–Crippen LogP) is 6.09. The maximum atomic E-state index is 13.0. The van der Waals surface area contributed by atoms with Crippen LogP contribution < -0.4 is 11.1 Å². The van der Waals surface area contributed by atoms with Gasteiger partial charge in [-0.1, -0.05) is 47.5 Å². The Morgan fingerprint density at radius 1 is 0.586 bits per heavy atom. The van der Waals surface area contributed by atoms with Crippen molar-refractivity contribution in [1.29, 1.82) is 0 Å². The molecule has 0 N–H and O–H groups in total. The fraction of sp³-hybridized carbons (Fsp3) is 0.348. The minimum atomic E-state index is -0.152. The Kier molecular flexibility index (Phi) is 11.7. The van der Waals surface area contributed by atoms with Crippen LogP contribution in [-0.2, 0) is 48.1 Å². The molecular weight excluding hydrogens is 729 g/mol. The van der Waals surface area contributed by atoms with Crippen molar-refractivity contribution in [2.75, 3.05) is 0 Å². The van der Waals surface area contributed by atoms with Crippen LogP contribution in [0.5, 0.6) is 0 Å². The lowest BCUT2D eigenvalue weighted by molar-refractivity contribution is -0.117. The number of fused-ring (bicyclic) bond motifs is 2. The van der Waals surface area contributed by atoms with Crippen LogP contribution in [0.1, 0.15) is 105 Å². The summed E-state index contributed by atoms with van der Waals surface area (Å²) in [7, 11) is 0. The Hall–Kier alpha value is -6.30. The number of benzene rings is 2. The second kappa shape index (κ2) is 17.1. The summed E-state index contributed by atoms with van der Waals surface area (Å²) in [5, 5.41) is 8.66. The van der Waals surface area contributed by atoms with E-state index in [1.165, 1.54) is 56.6 Å². The molecule has 6 aromatic rings. The number of carbonyl (C=O) groups excluding carboxylic acids is 2. The summed E-state index contributed by atoms with van der Waals surface area (Å²) in [6.45, 7) is 11.6. The molecule has 8 rings (SSSR count). The second-order valence-electron chi connectivity index (χ2n) is 15.9. The lowest BCUT2D eigenvalue weighted by Gasteiger charge is -2.26. The van der Waals surface area contributed by atoms with E-state index in [0.717, 1.165) is 71.9 Å². The highest BCUT2D eigenvalue weighted by Gasteiger charge is 2.27. The van der Waals surface area contributed by atoms with Crippen LogP contribution in [0.4, 0.5) is 0 Å². The van der Waals surface area contributed by atoms with Crippen molar-refractivity contribution in [3.05, 3.63) is 161 Å². The van der Waals surface area contributed by atoms with Gasteiger partial charge in [0.1, 0.15) is 11.6 Å². The summed E-state index contributed by atoms with van der Waals surface area (Å²) >= 11 is 0. The van der Waals surface area contributed by atoms with Crippen LogP contribution in [-0.4, -0.2) is 51.1 Å². The van der Waals surface area contributed by atoms with Gasteiger partial charge in [0.15, 0.2) is 0 Å². The van der Waals surface area contributed by atoms with Gasteiger partial charge in [-0.3, -0.25) is 19.2 Å². The number of nitrogens with zero attached hydrogens (tertiary/aromatic N) is 8. The summed E-state index contributed by atoms with van der Waals surface area (Å²) in [5.41, 5.74) is 12.6. The molecule has 4 heterocycles. The lowest BCUT2D eigenvalue weighted by atomic mass is 9.79. The molecule has 2 atom stereocenters. The lowest BCUT2D eigenvalue weighted by Crippen LogP contribution is -2.30. The maximum absolute atomic E-state index is 13.0. The molecule has 0 bridgehead atoms. The monoisotopic (exact) mass is 776 g/mol. The molecule has 2 aliphatic carbocycles. The van der Waals surface area contributed by atoms with Crippen molar-refractivity contribution in [2.24, 2.45) is 0 Å². The van der Waals surface area contributed by atoms with E-state index >= 15 is 0 Å². The van der Waals surface area contributed by atoms with Crippen LogP contribution in [0.2, 0.25) is 0 Å². The van der Waals surface area contributed by atoms with Crippen LogP contribution >= 0.6 is 0 Å². The number of hydrogen-bond acceptors (Lipinski definition) is 10. The van der Waals surface area contributed by atoms with E-state index in [0.29, 0.717) is 11.8 Å². The minimum absolute atomic E-state index is 0.0452. The molecule has 2 aliphatic rings. The summed E-state index contributed by atoms with van der Waals surface area (Å²) in [5.74, 6) is 1.38. The van der Waals surface area contributed by atoms with E-state index in [4.69, 9.17) is 0 Å². The Morgan fingerprint density at radius 2 is 0.966 bits per heavy atom. The Bertz CT molecular complexity index is 2450. The molecule has 4 aromatic heterocycles. The quantitative estimate of drug-likeness (QED) is 0.177. The number of aryl methyl sites for hydroxylation is 4. The zero-order valence-corrected chi connectivity index (χ0v) is 34.0. The van der Waals surface area contributed by atoms with Gasteiger partial charge in [-0.25, -0.2) is 19.9 Å². The van der Waals surface area contributed by atoms with Crippen LogP contribution in [0, 0.1) is 27.7 Å². The van der Waals surface area contributed by atoms with Gasteiger partial charge < -0.3 is 0 Å². The van der Waals surface area contributed by atoms with Gasteiger partial charge in [-0.05, 0) is 136 Å². The summed E-state index contributed by atoms with van der Waals surface area (Å²) in [4.78, 5) is 65.4. The Morgan fingerprint density at radius 3 is 1.31 bits per heavy atom. The molecule has 2 aromatic carbocycles. The molecule has 0 aliphatic heterocycles. The minimum Gasteiger partial charge on any atom is -0.300 e. The highest BCUT2D eigenvalue weighted by Crippen LogP contribution is 2.34. The van der Waals surface area contributed by atoms with Gasteiger partial charge in [-0.2, -0.15) is 19.6 Å². The largest absolute Gasteiger partial charge is 0.300 e. The first-order valence-corrected chi connectivity index (χ1v) is 19.8. The fourth-order valence-electron chi connectivity index (χ4n) is 8.36. The first-order chi connectivity index (χ1) is 27.8. The molecule has 0 spiro atoms. The van der Waals surface area contributed by atoms with Gasteiger partial charge in [0.05, 0.1) is 12.4 Å². The van der Waals surface area contributed by atoms with Gasteiger partial charge >= 0.3 is 0 Å². The predicted molar refractivity (Wildman–Crippen MR) is 221 cm³/mol. The first kappa shape index (κ1) is 39.9. The molecule has 12 heteroatoms. The number of ketones is 2. The molecule has 296 valence electrons. The third-order valence-corrected chi connectivity index (χ3v) is 11.2. The van der Waals surface area contributed by atoms with Crippen molar-refractivity contribution < 1.29 is 9.59 Å². The van der Waals surface area contributed by atoms with Gasteiger partial charge in [-0.15, -0.1) is 0 Å². The molecule has 2 unspecified atom stereocenters. The zero-order valence-electron chi connectivity index (χ0n) is 34.0. The summed E-state index contributed by atoms with van der Waals surface area (Å²) in [6, 6.07) is 13.2. The highest BCUT2D eigenvalue weighted by atomic mass is 16.1. The van der Waals surface area contributed by atoms with E-state index in [1.807, 2.05) is 0 Å². The number of carbonyl (C=O) groups is 2. The van der Waals surface area contributed by atoms with Crippen molar-refractivity contribution >= 4 is 11.6 Å². The first-order valence-electron chi connectivity index (χ1n) is 19.8. The smallest absolute Gasteiger partial charge is 0.277 e. The average molecular weight is 777 g/mol. The molecule has 0 radical (unpaired) electrons. The van der Waals surface area contributed by atoms with Crippen molar-refractivity contribution in [3.8, 4) is 11.9 Å². The number of rotatable bonds is 8. The van der Waals surface area contributed by atoms with E-state index in [2.05, 4.69) is 94.2 Å². The molecule has 0 amide bonds. The van der Waals surface area contributed by atoms with Crippen molar-refractivity contribution in [3.63, 3.8) is 0 Å². The summed E-state index contributed by atoms with van der Waals surface area (Å²) in [6.07, 6.45) is 15.4. The van der Waals surface area contributed by atoms with E-state index in [1.54, 1.807) is 37.2 Å². The Labute approximate surface area is 337 Å². The number of Topliss-reactive ketones (excluding diaryl/α,β-unsaturated/α-hetero) is 2. The van der Waals surface area contributed by atoms with E-state index in [9.17, 15) is 19.2 Å². The average Bonchev–Trinajstić information content (AvgIpc) is 3.19. The third kappa shape index (κ3) is 8.81. The van der Waals surface area contributed by atoms with Gasteiger partial charge in [0, 0.05) is 48.8 Å². The molecule has 0 saturated carbocycles. The number of hydrogen-bond donors (Lipinski definition) is 0. The molecule has 12 nitrogen and oxygen atoms in total. The van der Waals surface area contributed by atoms with E-state index < -0.39 is 0 Å². The highest BCUT2D eigenvalue weighted by molar-refractivity contribution is 5.78. The molecule has 0 saturated heterocycles. The van der Waals surface area contributed by atoms with Gasteiger partial charge in [0.2, 0.25) is 0 Å². The number of aromatic nitrogens is 8. The standard InChI is InChI=1S/2C23H24N4O2/c2*1-14-4-6-20(15(2)8-14)18-5-7-21-19(10-18)13-26-27(22(21)29)23-24-11-17(12-25-23)9-16(3)28/h2*4,6,8,11-13,18H,5,7,9-10H2,1-3H3.